The molecule has 4 N–H and O–H groups in total. The summed E-state index contributed by atoms with van der Waals surface area (Å²) in [6.45, 7) is -2.73. The van der Waals surface area contributed by atoms with Gasteiger partial charge in [-0.2, -0.15) is 13.9 Å². The maximum atomic E-state index is 13.1. The van der Waals surface area contributed by atoms with Crippen LogP contribution in [-0.4, -0.2) is 29.8 Å². The van der Waals surface area contributed by atoms with Gasteiger partial charge in [0.25, 0.3) is 0 Å². The van der Waals surface area contributed by atoms with Crippen LogP contribution in [0.2, 0.25) is 0 Å². The van der Waals surface area contributed by atoms with Gasteiger partial charge in [-0.25, -0.2) is 14.6 Å². The van der Waals surface area contributed by atoms with Crippen molar-refractivity contribution in [1.82, 2.24) is 24.7 Å². The number of rotatable bonds is 5. The quantitative estimate of drug-likeness (QED) is 0.349. The Morgan fingerprint density at radius 2 is 1.84 bits per heavy atom. The fourth-order valence-electron chi connectivity index (χ4n) is 3.32. The van der Waals surface area contributed by atoms with Crippen LogP contribution in [0.4, 0.5) is 8.78 Å². The molecule has 0 radical (unpaired) electrons. The van der Waals surface area contributed by atoms with Crippen LogP contribution in [0.3, 0.4) is 0 Å². The van der Waals surface area contributed by atoms with Crippen molar-refractivity contribution in [2.45, 2.75) is 12.8 Å². The van der Waals surface area contributed by atoms with Crippen molar-refractivity contribution in [3.63, 3.8) is 0 Å². The van der Waals surface area contributed by atoms with E-state index in [9.17, 15) is 13.9 Å². The monoisotopic (exact) mass is 438 g/mol. The largest absolute Gasteiger partial charge is 0.375 e. The minimum atomic E-state index is -2.73. The molecule has 0 saturated carbocycles. The molecule has 0 amide bonds. The highest BCUT2D eigenvalue weighted by molar-refractivity contribution is 7.16. The molecule has 0 bridgehead atoms. The Kier molecular flexibility index (Phi) is 4.81. The molecule has 3 heterocycles. The predicted octanol–water partition coefficient (Wildman–Crippen LogP) is 4.56. The number of aromatic nitrogens is 5. The number of aliphatic hydroxyl groups excluding tert-OH is 1. The molecule has 0 aliphatic rings. The second-order valence-electron chi connectivity index (χ2n) is 6.87. The Morgan fingerprint density at radius 3 is 2.55 bits per heavy atom. The average molecular weight is 438 g/mol. The summed E-state index contributed by atoms with van der Waals surface area (Å²) in [5, 5.41) is 13.5. The van der Waals surface area contributed by atoms with Crippen molar-refractivity contribution in [2.24, 2.45) is 5.73 Å². The minimum Gasteiger partial charge on any atom is -0.375 e. The van der Waals surface area contributed by atoms with Gasteiger partial charge < -0.3 is 15.8 Å². The molecular weight excluding hydrogens is 422 g/mol. The SMILES string of the molecule is NC(O)c1ccc(-c2nc(-c3ccc4ncsc4c3)c(-c3ccn(C(F)F)n3)[nH]2)cc1. The summed E-state index contributed by atoms with van der Waals surface area (Å²) in [6, 6.07) is 14.2. The number of alkyl halides is 2. The topological polar surface area (TPSA) is 106 Å². The molecule has 156 valence electrons. The Morgan fingerprint density at radius 1 is 1.06 bits per heavy atom. The van der Waals surface area contributed by atoms with E-state index in [-0.39, 0.29) is 0 Å². The number of nitrogens with zero attached hydrogens (tertiary/aromatic N) is 4. The molecule has 31 heavy (non-hydrogen) atoms. The number of nitrogens with two attached hydrogens (primary N) is 1. The third-order valence-electron chi connectivity index (χ3n) is 4.90. The zero-order chi connectivity index (χ0) is 21.5. The molecule has 0 saturated heterocycles. The van der Waals surface area contributed by atoms with E-state index in [1.54, 1.807) is 29.8 Å². The van der Waals surface area contributed by atoms with Gasteiger partial charge in [0.15, 0.2) is 0 Å². The van der Waals surface area contributed by atoms with E-state index in [1.165, 1.54) is 23.6 Å². The number of benzene rings is 2. The highest BCUT2D eigenvalue weighted by Gasteiger charge is 2.19. The van der Waals surface area contributed by atoms with Crippen molar-refractivity contribution in [3.8, 4) is 34.0 Å². The van der Waals surface area contributed by atoms with Crippen LogP contribution in [0.25, 0.3) is 44.2 Å². The lowest BCUT2D eigenvalue weighted by Gasteiger charge is -2.04. The van der Waals surface area contributed by atoms with Gasteiger partial charge in [-0.15, -0.1) is 11.3 Å². The standard InChI is InChI=1S/C21H16F2N6OS/c22-21(23)29-8-7-15(28-29)18-17(13-5-6-14-16(9-13)31-10-25-14)26-20(27-18)12-3-1-11(2-4-12)19(24)30/h1-10,19,21,30H,24H2,(H,26,27). The zero-order valence-corrected chi connectivity index (χ0v) is 16.7. The van der Waals surface area contributed by atoms with E-state index in [0.717, 1.165) is 21.3 Å². The molecular formula is C21H16F2N6OS. The van der Waals surface area contributed by atoms with Gasteiger partial charge in [-0.05, 0) is 23.8 Å². The molecule has 2 aromatic carbocycles. The van der Waals surface area contributed by atoms with Crippen LogP contribution < -0.4 is 5.73 Å². The molecule has 0 fully saturated rings. The molecule has 3 aromatic heterocycles. The van der Waals surface area contributed by atoms with E-state index in [1.807, 2.05) is 18.2 Å². The first-order valence-electron chi connectivity index (χ1n) is 9.31. The number of nitrogens with one attached hydrogen (secondary N) is 1. The Balaban J connectivity index is 1.65. The first-order valence-corrected chi connectivity index (χ1v) is 10.2. The maximum Gasteiger partial charge on any atom is 0.333 e. The number of aromatic amines is 1. The second kappa shape index (κ2) is 7.65. The summed E-state index contributed by atoms with van der Waals surface area (Å²) in [6.07, 6.45) is 0.162. The van der Waals surface area contributed by atoms with Crippen molar-refractivity contribution >= 4 is 21.6 Å². The number of imidazole rings is 1. The van der Waals surface area contributed by atoms with Crippen molar-refractivity contribution in [1.29, 1.82) is 0 Å². The lowest BCUT2D eigenvalue weighted by Crippen LogP contribution is -2.07. The number of halogens is 2. The summed E-state index contributed by atoms with van der Waals surface area (Å²) >= 11 is 1.51. The van der Waals surface area contributed by atoms with Crippen molar-refractivity contribution in [3.05, 3.63) is 65.8 Å². The molecule has 0 spiro atoms. The molecule has 0 aliphatic heterocycles. The summed E-state index contributed by atoms with van der Waals surface area (Å²) in [5.74, 6) is 0.541. The third kappa shape index (κ3) is 3.61. The van der Waals surface area contributed by atoms with Gasteiger partial charge in [0.2, 0.25) is 0 Å². The van der Waals surface area contributed by atoms with E-state index >= 15 is 0 Å². The molecule has 5 aromatic rings. The average Bonchev–Trinajstić information content (AvgIpc) is 3.51. The summed E-state index contributed by atoms with van der Waals surface area (Å²) in [7, 11) is 0. The highest BCUT2D eigenvalue weighted by atomic mass is 32.1. The van der Waals surface area contributed by atoms with Crippen LogP contribution >= 0.6 is 11.3 Å². The Hall–Kier alpha value is -3.47. The van der Waals surface area contributed by atoms with Crippen molar-refractivity contribution in [2.75, 3.05) is 0 Å². The van der Waals surface area contributed by atoms with Gasteiger partial charge in [-0.1, -0.05) is 30.3 Å². The molecule has 1 atom stereocenters. The van der Waals surface area contributed by atoms with Gasteiger partial charge in [0.1, 0.15) is 17.7 Å². The van der Waals surface area contributed by atoms with E-state index in [0.29, 0.717) is 33.2 Å². The summed E-state index contributed by atoms with van der Waals surface area (Å²) in [5.41, 5.74) is 11.8. The first-order chi connectivity index (χ1) is 15.0. The molecule has 7 nitrogen and oxygen atoms in total. The molecule has 5 rings (SSSR count). The lowest BCUT2D eigenvalue weighted by atomic mass is 10.1. The van der Waals surface area contributed by atoms with Gasteiger partial charge >= 0.3 is 6.55 Å². The number of hydrogen-bond donors (Lipinski definition) is 3. The first kappa shape index (κ1) is 19.5. The summed E-state index contributed by atoms with van der Waals surface area (Å²) < 4.78 is 27.7. The molecule has 1 unspecified atom stereocenters. The van der Waals surface area contributed by atoms with E-state index in [4.69, 9.17) is 10.7 Å². The zero-order valence-electron chi connectivity index (χ0n) is 15.9. The minimum absolute atomic E-state index is 0.354. The van der Waals surface area contributed by atoms with Gasteiger partial charge in [-0.3, -0.25) is 0 Å². The Bertz CT molecular complexity index is 1360. The number of thiazole rings is 1. The van der Waals surface area contributed by atoms with Crippen LogP contribution in [0.5, 0.6) is 0 Å². The predicted molar refractivity (Wildman–Crippen MR) is 114 cm³/mol. The number of fused-ring (bicyclic) bond motifs is 1. The van der Waals surface area contributed by atoms with Gasteiger partial charge in [0.05, 0.1) is 27.1 Å². The van der Waals surface area contributed by atoms with Crippen LogP contribution in [0, 0.1) is 0 Å². The highest BCUT2D eigenvalue weighted by Crippen LogP contribution is 2.34. The van der Waals surface area contributed by atoms with E-state index in [2.05, 4.69) is 15.1 Å². The van der Waals surface area contributed by atoms with E-state index < -0.39 is 12.8 Å². The Labute approximate surface area is 178 Å². The van der Waals surface area contributed by atoms with Crippen LogP contribution in [0.1, 0.15) is 18.3 Å². The number of H-pyrrole nitrogens is 1. The maximum absolute atomic E-state index is 13.1. The van der Waals surface area contributed by atoms with Crippen LogP contribution in [-0.2, 0) is 0 Å². The van der Waals surface area contributed by atoms with Gasteiger partial charge in [0, 0.05) is 17.3 Å². The number of aliphatic hydroxyl groups is 1. The normalized spacial score (nSPS) is 12.7. The molecule has 0 aliphatic carbocycles. The second-order valence-corrected chi connectivity index (χ2v) is 7.76. The fourth-order valence-corrected chi connectivity index (χ4v) is 4.04. The van der Waals surface area contributed by atoms with Crippen molar-refractivity contribution < 1.29 is 13.9 Å². The fraction of sp³-hybridized carbons (Fsp3) is 0.0952. The summed E-state index contributed by atoms with van der Waals surface area (Å²) in [4.78, 5) is 12.3. The third-order valence-corrected chi connectivity index (χ3v) is 5.69. The molecule has 10 heteroatoms. The number of hydrogen-bond acceptors (Lipinski definition) is 6. The van der Waals surface area contributed by atoms with Crippen LogP contribution in [0.15, 0.2) is 60.2 Å². The smallest absolute Gasteiger partial charge is 0.333 e. The lowest BCUT2D eigenvalue weighted by molar-refractivity contribution is 0.0568.